The third-order valence-corrected chi connectivity index (χ3v) is 6.78. The van der Waals surface area contributed by atoms with E-state index >= 15 is 0 Å². The number of rotatable bonds is 5. The summed E-state index contributed by atoms with van der Waals surface area (Å²) in [6.07, 6.45) is 4.99. The largest absolute Gasteiger partial charge is 0.326 e. The van der Waals surface area contributed by atoms with Crippen molar-refractivity contribution < 1.29 is 18.0 Å². The summed E-state index contributed by atoms with van der Waals surface area (Å²) in [5.74, 6) is -0.0376. The van der Waals surface area contributed by atoms with Gasteiger partial charge < -0.3 is 10.2 Å². The Hall–Kier alpha value is -3.46. The summed E-state index contributed by atoms with van der Waals surface area (Å²) < 4.78 is 27.8. The molecule has 0 aromatic heterocycles. The van der Waals surface area contributed by atoms with Crippen LogP contribution in [0, 0.1) is 0 Å². The van der Waals surface area contributed by atoms with Gasteiger partial charge in [-0.2, -0.15) is 0 Å². The average molecular weight is 453 g/mol. The van der Waals surface area contributed by atoms with Crippen molar-refractivity contribution in [1.82, 2.24) is 9.62 Å². The summed E-state index contributed by atoms with van der Waals surface area (Å²) in [6.45, 7) is 2.07. The standard InChI is InChI=1S/C23H24N4O4S/c1-16(28)27-13-11-17-6-2-3-9-20(17)21(27)15-23(29)25-18-7-4-8-19(14-18)32(30,31)26-22-10-5-12-24-22/h2-4,6-9,11,13-14,21H,5,10,12,15H2,1H3,(H,24,26)(H,25,29). The fraction of sp³-hybridized carbons (Fsp3) is 0.261. The zero-order chi connectivity index (χ0) is 22.7. The number of amides is 2. The van der Waals surface area contributed by atoms with Crippen LogP contribution in [0.2, 0.25) is 0 Å². The van der Waals surface area contributed by atoms with Gasteiger partial charge in [-0.25, -0.2) is 8.42 Å². The number of nitrogens with zero attached hydrogens (tertiary/aromatic N) is 2. The molecule has 166 valence electrons. The number of hydrogen-bond donors (Lipinski definition) is 2. The minimum Gasteiger partial charge on any atom is -0.326 e. The molecule has 2 aliphatic rings. The Kier molecular flexibility index (Phi) is 6.09. The number of carbonyl (C=O) groups is 2. The first-order valence-corrected chi connectivity index (χ1v) is 11.8. The maximum Gasteiger partial charge on any atom is 0.262 e. The van der Waals surface area contributed by atoms with Crippen LogP contribution < -0.4 is 10.0 Å². The van der Waals surface area contributed by atoms with Crippen molar-refractivity contribution in [1.29, 1.82) is 0 Å². The van der Waals surface area contributed by atoms with E-state index in [1.807, 2.05) is 30.3 Å². The van der Waals surface area contributed by atoms with Gasteiger partial charge in [0.25, 0.3) is 10.0 Å². The molecule has 2 amide bonds. The minimum absolute atomic E-state index is 0.0347. The van der Waals surface area contributed by atoms with Gasteiger partial charge in [0.15, 0.2) is 0 Å². The minimum atomic E-state index is -3.78. The van der Waals surface area contributed by atoms with Gasteiger partial charge >= 0.3 is 0 Å². The Balaban J connectivity index is 1.50. The number of sulfonamides is 1. The van der Waals surface area contributed by atoms with Crippen LogP contribution in [0.1, 0.15) is 43.4 Å². The summed E-state index contributed by atoms with van der Waals surface area (Å²) in [5, 5.41) is 2.76. The molecule has 4 rings (SSSR count). The Bertz CT molecular complexity index is 1220. The second-order valence-electron chi connectivity index (χ2n) is 7.70. The van der Waals surface area contributed by atoms with E-state index in [1.54, 1.807) is 18.3 Å². The zero-order valence-electron chi connectivity index (χ0n) is 17.6. The molecule has 0 aliphatic carbocycles. The molecule has 0 fully saturated rings. The molecule has 8 nitrogen and oxygen atoms in total. The van der Waals surface area contributed by atoms with Crippen molar-refractivity contribution in [2.24, 2.45) is 4.99 Å². The lowest BCUT2D eigenvalue weighted by Gasteiger charge is -2.32. The van der Waals surface area contributed by atoms with Crippen molar-refractivity contribution >= 4 is 39.4 Å². The van der Waals surface area contributed by atoms with E-state index in [2.05, 4.69) is 15.0 Å². The Morgan fingerprint density at radius 2 is 1.97 bits per heavy atom. The average Bonchev–Trinajstić information content (AvgIpc) is 3.26. The molecule has 0 radical (unpaired) electrons. The van der Waals surface area contributed by atoms with Crippen molar-refractivity contribution in [3.63, 3.8) is 0 Å². The highest BCUT2D eigenvalue weighted by Crippen LogP contribution is 2.33. The highest BCUT2D eigenvalue weighted by Gasteiger charge is 2.28. The Morgan fingerprint density at radius 1 is 1.16 bits per heavy atom. The molecule has 2 heterocycles. The van der Waals surface area contributed by atoms with Crippen LogP contribution in [-0.2, 0) is 19.6 Å². The maximum atomic E-state index is 12.8. The van der Waals surface area contributed by atoms with Crippen molar-refractivity contribution in [2.45, 2.75) is 37.1 Å². The quantitative estimate of drug-likeness (QED) is 0.727. The predicted molar refractivity (Wildman–Crippen MR) is 122 cm³/mol. The third-order valence-electron chi connectivity index (χ3n) is 5.40. The van der Waals surface area contributed by atoms with Gasteiger partial charge in [-0.1, -0.05) is 30.3 Å². The number of benzene rings is 2. The second kappa shape index (κ2) is 8.96. The van der Waals surface area contributed by atoms with Crippen LogP contribution in [0.15, 0.2) is 64.6 Å². The van der Waals surface area contributed by atoms with Crippen LogP contribution in [0.3, 0.4) is 0 Å². The molecule has 2 N–H and O–H groups in total. The number of aliphatic imine (C=N–C) groups is 1. The number of carbonyl (C=O) groups excluding carboxylic acids is 2. The van der Waals surface area contributed by atoms with Gasteiger partial charge in [-0.15, -0.1) is 0 Å². The van der Waals surface area contributed by atoms with E-state index in [0.29, 0.717) is 24.5 Å². The van der Waals surface area contributed by atoms with Gasteiger partial charge in [0.05, 0.1) is 17.4 Å². The molecule has 2 aliphatic heterocycles. The summed E-state index contributed by atoms with van der Waals surface area (Å²) in [7, 11) is -3.78. The molecule has 9 heteroatoms. The Morgan fingerprint density at radius 3 is 2.72 bits per heavy atom. The molecule has 0 saturated carbocycles. The fourth-order valence-corrected chi connectivity index (χ4v) is 5.01. The lowest BCUT2D eigenvalue weighted by atomic mass is 9.93. The molecule has 0 spiro atoms. The van der Waals surface area contributed by atoms with Crippen molar-refractivity contribution in [3.8, 4) is 0 Å². The first-order chi connectivity index (χ1) is 15.3. The van der Waals surface area contributed by atoms with Gasteiger partial charge in [0.2, 0.25) is 11.8 Å². The molecule has 32 heavy (non-hydrogen) atoms. The number of hydrogen-bond acceptors (Lipinski definition) is 5. The molecule has 1 atom stereocenters. The molecule has 2 aromatic rings. The van der Waals surface area contributed by atoms with E-state index < -0.39 is 16.1 Å². The highest BCUT2D eigenvalue weighted by molar-refractivity contribution is 7.90. The molecular weight excluding hydrogens is 428 g/mol. The second-order valence-corrected chi connectivity index (χ2v) is 9.39. The molecule has 2 aromatic carbocycles. The SMILES string of the molecule is CC(=O)N1C=Cc2ccccc2C1CC(=O)Nc1cccc(S(=O)(=O)NC2=NCCC2)c1. The summed E-state index contributed by atoms with van der Waals surface area (Å²) in [6, 6.07) is 13.2. The van der Waals surface area contributed by atoms with Crippen LogP contribution >= 0.6 is 0 Å². The van der Waals surface area contributed by atoms with Gasteiger partial charge in [0, 0.05) is 31.8 Å². The first kappa shape index (κ1) is 21.8. The van der Waals surface area contributed by atoms with E-state index in [0.717, 1.165) is 17.5 Å². The van der Waals surface area contributed by atoms with Crippen LogP contribution in [0.5, 0.6) is 0 Å². The lowest BCUT2D eigenvalue weighted by molar-refractivity contribution is -0.129. The van der Waals surface area contributed by atoms with Crippen LogP contribution in [-0.4, -0.2) is 37.5 Å². The normalized spacial score (nSPS) is 17.5. The highest BCUT2D eigenvalue weighted by atomic mass is 32.2. The van der Waals surface area contributed by atoms with Gasteiger partial charge in [-0.3, -0.25) is 19.3 Å². The maximum absolute atomic E-state index is 12.8. The van der Waals surface area contributed by atoms with Crippen molar-refractivity contribution in [2.75, 3.05) is 11.9 Å². The van der Waals surface area contributed by atoms with E-state index in [-0.39, 0.29) is 23.1 Å². The third kappa shape index (κ3) is 4.72. The first-order valence-electron chi connectivity index (χ1n) is 10.4. The number of anilines is 1. The monoisotopic (exact) mass is 452 g/mol. The summed E-state index contributed by atoms with van der Waals surface area (Å²) in [5.41, 5.74) is 2.20. The van der Waals surface area contributed by atoms with Crippen molar-refractivity contribution in [3.05, 3.63) is 65.9 Å². The zero-order valence-corrected chi connectivity index (χ0v) is 18.4. The van der Waals surface area contributed by atoms with Crippen LogP contribution in [0.25, 0.3) is 6.08 Å². The number of nitrogens with one attached hydrogen (secondary N) is 2. The number of amidine groups is 1. The molecule has 0 saturated heterocycles. The summed E-state index contributed by atoms with van der Waals surface area (Å²) >= 11 is 0. The van der Waals surface area contributed by atoms with E-state index in [4.69, 9.17) is 0 Å². The van der Waals surface area contributed by atoms with Gasteiger partial charge in [-0.05, 0) is 41.8 Å². The van der Waals surface area contributed by atoms with Crippen LogP contribution in [0.4, 0.5) is 5.69 Å². The van der Waals surface area contributed by atoms with E-state index in [9.17, 15) is 18.0 Å². The predicted octanol–water partition coefficient (Wildman–Crippen LogP) is 3.06. The lowest BCUT2D eigenvalue weighted by Crippen LogP contribution is -2.33. The molecule has 1 unspecified atom stereocenters. The Labute approximate surface area is 187 Å². The molecular formula is C23H24N4O4S. The smallest absolute Gasteiger partial charge is 0.262 e. The topological polar surface area (TPSA) is 108 Å². The fourth-order valence-electron chi connectivity index (χ4n) is 3.88. The molecule has 0 bridgehead atoms. The van der Waals surface area contributed by atoms with E-state index in [1.165, 1.54) is 24.0 Å². The van der Waals surface area contributed by atoms with Gasteiger partial charge in [0.1, 0.15) is 5.84 Å². The number of fused-ring (bicyclic) bond motifs is 1. The summed E-state index contributed by atoms with van der Waals surface area (Å²) in [4.78, 5) is 30.7.